The Hall–Kier alpha value is -2.43. The molecule has 5 nitrogen and oxygen atoms in total. The van der Waals surface area contributed by atoms with E-state index >= 15 is 0 Å². The Balaban J connectivity index is 2.44. The zero-order valence-corrected chi connectivity index (χ0v) is 13.4. The number of rotatable bonds is 3. The lowest BCUT2D eigenvalue weighted by molar-refractivity contribution is -0.385. The number of nitrogens with zero attached hydrogens (tertiary/aromatic N) is 2. The molecule has 0 amide bonds. The van der Waals surface area contributed by atoms with Crippen LogP contribution >= 0.6 is 0 Å². The van der Waals surface area contributed by atoms with Gasteiger partial charge in [-0.15, -0.1) is 0 Å². The Morgan fingerprint density at radius 3 is 2.45 bits per heavy atom. The maximum Gasteiger partial charge on any atom is 0.287 e. The van der Waals surface area contributed by atoms with Gasteiger partial charge in [0.25, 0.3) is 5.69 Å². The number of pyridine rings is 1. The van der Waals surface area contributed by atoms with Gasteiger partial charge in [-0.2, -0.15) is 0 Å². The number of aromatic nitrogens is 1. The Morgan fingerprint density at radius 2 is 1.95 bits per heavy atom. The maximum atomic E-state index is 10.7. The fourth-order valence-corrected chi connectivity index (χ4v) is 2.06. The Morgan fingerprint density at radius 1 is 1.27 bits per heavy atom. The first-order valence-corrected chi connectivity index (χ1v) is 7.01. The molecule has 0 spiro atoms. The number of ether oxygens (including phenoxy) is 1. The average Bonchev–Trinajstić information content (AvgIpc) is 2.43. The molecule has 1 aromatic heterocycles. The normalized spacial score (nSPS) is 11.3. The van der Waals surface area contributed by atoms with Gasteiger partial charge in [0.15, 0.2) is 0 Å². The Kier molecular flexibility index (Phi) is 4.17. The number of nitro groups is 1. The highest BCUT2D eigenvalue weighted by molar-refractivity contribution is 5.49. The van der Waals surface area contributed by atoms with E-state index in [9.17, 15) is 10.1 Å². The lowest BCUT2D eigenvalue weighted by Gasteiger charge is -2.24. The summed E-state index contributed by atoms with van der Waals surface area (Å²) >= 11 is 0. The topological polar surface area (TPSA) is 65.3 Å². The molecule has 0 saturated carbocycles. The van der Waals surface area contributed by atoms with Crippen LogP contribution in [-0.2, 0) is 5.41 Å². The van der Waals surface area contributed by atoms with E-state index in [2.05, 4.69) is 31.8 Å². The van der Waals surface area contributed by atoms with Crippen LogP contribution in [0.2, 0.25) is 0 Å². The van der Waals surface area contributed by atoms with E-state index in [1.165, 1.54) is 18.3 Å². The van der Waals surface area contributed by atoms with Crippen molar-refractivity contribution >= 4 is 5.69 Å². The van der Waals surface area contributed by atoms with E-state index in [0.29, 0.717) is 5.88 Å². The van der Waals surface area contributed by atoms with Crippen LogP contribution in [0.4, 0.5) is 5.69 Å². The number of aryl methyl sites for hydroxylation is 1. The largest absolute Gasteiger partial charge is 0.438 e. The predicted molar refractivity (Wildman–Crippen MR) is 84.4 cm³/mol. The van der Waals surface area contributed by atoms with E-state index < -0.39 is 4.92 Å². The highest BCUT2D eigenvalue weighted by atomic mass is 16.6. The van der Waals surface area contributed by atoms with E-state index in [-0.39, 0.29) is 11.1 Å². The summed E-state index contributed by atoms with van der Waals surface area (Å²) in [6.07, 6.45) is 1.20. The van der Waals surface area contributed by atoms with E-state index in [1.54, 1.807) is 0 Å². The maximum absolute atomic E-state index is 10.7. The van der Waals surface area contributed by atoms with Crippen molar-refractivity contribution in [2.75, 3.05) is 0 Å². The minimum Gasteiger partial charge on any atom is -0.438 e. The van der Waals surface area contributed by atoms with Crippen molar-refractivity contribution in [1.82, 2.24) is 4.98 Å². The monoisotopic (exact) mass is 299 g/mol. The van der Waals surface area contributed by atoms with Crippen molar-refractivity contribution < 1.29 is 9.66 Å². The van der Waals surface area contributed by atoms with Crippen molar-refractivity contribution in [3.05, 3.63) is 57.3 Å². The van der Waals surface area contributed by atoms with Gasteiger partial charge in [-0.1, -0.05) is 20.8 Å². The van der Waals surface area contributed by atoms with Crippen LogP contribution in [0.5, 0.6) is 11.6 Å². The van der Waals surface area contributed by atoms with Gasteiger partial charge in [0.2, 0.25) is 5.88 Å². The zero-order chi connectivity index (χ0) is 16.5. The molecule has 0 fully saturated rings. The summed E-state index contributed by atoms with van der Waals surface area (Å²) in [6, 6.07) is 8.06. The molecule has 5 heteroatoms. The molecule has 0 N–H and O–H groups in total. The summed E-state index contributed by atoms with van der Waals surface area (Å²) in [6.45, 7) is 10.2. The summed E-state index contributed by atoms with van der Waals surface area (Å²) in [7, 11) is 0. The second-order valence-corrected chi connectivity index (χ2v) is 6.25. The van der Waals surface area contributed by atoms with E-state index in [1.807, 2.05) is 19.9 Å². The lowest BCUT2D eigenvalue weighted by Crippen LogP contribution is -2.14. The predicted octanol–water partition coefficient (Wildman–Crippen LogP) is 4.50. The SMILES string of the molecule is Cc1[c]cc(C(C)(C)C)c(Oc2ccc([N+](=O)[O-])cn2)c1C. The second kappa shape index (κ2) is 5.75. The minimum absolute atomic E-state index is 0.0577. The molecule has 0 aliphatic heterocycles. The number of hydrogen-bond donors (Lipinski definition) is 0. The third kappa shape index (κ3) is 3.24. The van der Waals surface area contributed by atoms with Gasteiger partial charge in [-0.25, -0.2) is 4.98 Å². The Labute approximate surface area is 130 Å². The van der Waals surface area contributed by atoms with E-state index in [4.69, 9.17) is 4.74 Å². The zero-order valence-electron chi connectivity index (χ0n) is 13.4. The van der Waals surface area contributed by atoms with Crippen LogP contribution in [0.25, 0.3) is 0 Å². The number of hydrogen-bond acceptors (Lipinski definition) is 4. The molecule has 0 saturated heterocycles. The standard InChI is InChI=1S/C17H19N2O3/c1-11-6-8-14(17(3,4)5)16(12(11)2)22-15-9-7-13(10-18-15)19(20)21/h7-10H,1-5H3. The lowest BCUT2D eigenvalue weighted by atomic mass is 9.84. The van der Waals surface area contributed by atoms with Crippen LogP contribution in [0.1, 0.15) is 37.5 Å². The molecule has 0 aliphatic carbocycles. The average molecular weight is 299 g/mol. The molecule has 2 rings (SSSR count). The molecule has 2 aromatic rings. The quantitative estimate of drug-likeness (QED) is 0.618. The first kappa shape index (κ1) is 15.9. The molecule has 22 heavy (non-hydrogen) atoms. The van der Waals surface area contributed by atoms with Crippen molar-refractivity contribution in [3.63, 3.8) is 0 Å². The van der Waals surface area contributed by atoms with Crippen LogP contribution in [0.15, 0.2) is 24.4 Å². The molecule has 1 aromatic carbocycles. The molecule has 0 unspecified atom stereocenters. The molecule has 0 bridgehead atoms. The molecule has 0 atom stereocenters. The smallest absolute Gasteiger partial charge is 0.287 e. The summed E-state index contributed by atoms with van der Waals surface area (Å²) < 4.78 is 5.93. The van der Waals surface area contributed by atoms with Gasteiger partial charge >= 0.3 is 0 Å². The fraction of sp³-hybridized carbons (Fsp3) is 0.353. The van der Waals surface area contributed by atoms with Crippen LogP contribution in [-0.4, -0.2) is 9.91 Å². The van der Waals surface area contributed by atoms with Crippen LogP contribution < -0.4 is 4.74 Å². The number of benzene rings is 1. The van der Waals surface area contributed by atoms with Crippen LogP contribution in [0.3, 0.4) is 0 Å². The summed E-state index contributed by atoms with van der Waals surface area (Å²) in [5, 5.41) is 10.7. The van der Waals surface area contributed by atoms with Gasteiger partial charge in [-0.3, -0.25) is 10.1 Å². The van der Waals surface area contributed by atoms with Gasteiger partial charge < -0.3 is 4.74 Å². The van der Waals surface area contributed by atoms with Crippen molar-refractivity contribution in [2.45, 2.75) is 40.0 Å². The molecule has 1 radical (unpaired) electrons. The van der Waals surface area contributed by atoms with Gasteiger partial charge in [0, 0.05) is 17.7 Å². The molecule has 1 heterocycles. The van der Waals surface area contributed by atoms with Gasteiger partial charge in [-0.05, 0) is 42.5 Å². The van der Waals surface area contributed by atoms with Crippen LogP contribution in [0, 0.1) is 30.0 Å². The third-order valence-electron chi connectivity index (χ3n) is 3.53. The third-order valence-corrected chi connectivity index (χ3v) is 3.53. The first-order chi connectivity index (χ1) is 10.2. The summed E-state index contributed by atoms with van der Waals surface area (Å²) in [5.41, 5.74) is 2.86. The van der Waals surface area contributed by atoms with Gasteiger partial charge in [0.05, 0.1) is 4.92 Å². The van der Waals surface area contributed by atoms with E-state index in [0.717, 1.165) is 22.4 Å². The molecular weight excluding hydrogens is 280 g/mol. The molecular formula is C17H19N2O3. The summed E-state index contributed by atoms with van der Waals surface area (Å²) in [4.78, 5) is 14.2. The molecule has 115 valence electrons. The molecule has 0 aliphatic rings. The summed E-state index contributed by atoms with van der Waals surface area (Å²) in [5.74, 6) is 1.08. The van der Waals surface area contributed by atoms with Crippen molar-refractivity contribution in [2.24, 2.45) is 0 Å². The highest BCUT2D eigenvalue weighted by Crippen LogP contribution is 2.37. The van der Waals surface area contributed by atoms with Crippen molar-refractivity contribution in [1.29, 1.82) is 0 Å². The van der Waals surface area contributed by atoms with Crippen molar-refractivity contribution in [3.8, 4) is 11.6 Å². The fourth-order valence-electron chi connectivity index (χ4n) is 2.06. The second-order valence-electron chi connectivity index (χ2n) is 6.25. The van der Waals surface area contributed by atoms with Gasteiger partial charge in [0.1, 0.15) is 11.9 Å². The highest BCUT2D eigenvalue weighted by Gasteiger charge is 2.22. The Bertz CT molecular complexity index is 701. The first-order valence-electron chi connectivity index (χ1n) is 7.01. The minimum atomic E-state index is -0.482.